The van der Waals surface area contributed by atoms with Crippen LogP contribution in [0.25, 0.3) is 0 Å². The molecule has 0 bridgehead atoms. The molecule has 1 aromatic rings. The second-order valence-corrected chi connectivity index (χ2v) is 7.52. The van der Waals surface area contributed by atoms with E-state index in [0.29, 0.717) is 31.1 Å². The Morgan fingerprint density at radius 2 is 2.12 bits per heavy atom. The van der Waals surface area contributed by atoms with Gasteiger partial charge in [-0.05, 0) is 42.7 Å². The molecule has 24 heavy (non-hydrogen) atoms. The highest BCUT2D eigenvalue weighted by Crippen LogP contribution is 2.29. The molecule has 3 rings (SSSR count). The number of aliphatic hydroxyl groups excluding tert-OH is 1. The monoisotopic (exact) mass is 333 g/mol. The molecule has 2 aliphatic heterocycles. The maximum absolute atomic E-state index is 10.4. The molecule has 0 spiro atoms. The number of fused-ring (bicyclic) bond motifs is 1. The highest BCUT2D eigenvalue weighted by Gasteiger charge is 2.32. The van der Waals surface area contributed by atoms with Gasteiger partial charge in [-0.25, -0.2) is 0 Å². The van der Waals surface area contributed by atoms with E-state index in [4.69, 9.17) is 9.47 Å². The zero-order valence-electron chi connectivity index (χ0n) is 15.0. The molecule has 134 valence electrons. The van der Waals surface area contributed by atoms with E-state index in [0.717, 1.165) is 31.9 Å². The van der Waals surface area contributed by atoms with Gasteiger partial charge in [0.25, 0.3) is 0 Å². The van der Waals surface area contributed by atoms with E-state index < -0.39 is 6.10 Å². The Morgan fingerprint density at radius 1 is 1.29 bits per heavy atom. The number of nitrogens with zero attached hydrogens (tertiary/aromatic N) is 1. The number of likely N-dealkylation sites (tertiary alicyclic amines) is 1. The van der Waals surface area contributed by atoms with Crippen molar-refractivity contribution >= 4 is 0 Å². The fourth-order valence-corrected chi connectivity index (χ4v) is 3.95. The Labute approximate surface area is 145 Å². The summed E-state index contributed by atoms with van der Waals surface area (Å²) in [5, 5.41) is 10.4. The lowest BCUT2D eigenvalue weighted by Crippen LogP contribution is -2.48. The molecule has 0 amide bonds. The van der Waals surface area contributed by atoms with Gasteiger partial charge in [-0.15, -0.1) is 0 Å². The molecule has 2 aliphatic rings. The van der Waals surface area contributed by atoms with E-state index in [9.17, 15) is 5.11 Å². The van der Waals surface area contributed by atoms with Crippen LogP contribution in [0.4, 0.5) is 0 Å². The molecule has 4 nitrogen and oxygen atoms in total. The van der Waals surface area contributed by atoms with Crippen molar-refractivity contribution in [2.75, 3.05) is 32.8 Å². The van der Waals surface area contributed by atoms with Gasteiger partial charge in [0.05, 0.1) is 6.10 Å². The molecule has 3 atom stereocenters. The summed E-state index contributed by atoms with van der Waals surface area (Å²) in [5.41, 5.74) is 1.20. The molecule has 0 saturated carbocycles. The molecule has 2 saturated heterocycles. The molecule has 2 heterocycles. The van der Waals surface area contributed by atoms with Gasteiger partial charge in [-0.1, -0.05) is 32.0 Å². The number of β-amino-alcohol motifs (C(OH)–C–C–N with tert-alkyl or cyclic N) is 1. The summed E-state index contributed by atoms with van der Waals surface area (Å²) in [5.74, 6) is 1.96. The van der Waals surface area contributed by atoms with E-state index in [2.05, 4.69) is 24.8 Å². The summed E-state index contributed by atoms with van der Waals surface area (Å²) in [7, 11) is 0. The van der Waals surface area contributed by atoms with E-state index in [-0.39, 0.29) is 0 Å². The standard InChI is InChI=1S/C20H31NO3/c1-15(2)18-7-3-4-8-20(18)24-14-17(22)13-21-10-9-19-16(12-21)6-5-11-23-19/h3-4,7-8,15-17,19,22H,5-6,9-14H2,1-2H3. The molecular formula is C20H31NO3. The molecule has 0 radical (unpaired) electrons. The van der Waals surface area contributed by atoms with Crippen molar-refractivity contribution in [3.63, 3.8) is 0 Å². The highest BCUT2D eigenvalue weighted by atomic mass is 16.5. The van der Waals surface area contributed by atoms with Crippen molar-refractivity contribution in [1.29, 1.82) is 0 Å². The number of hydrogen-bond acceptors (Lipinski definition) is 4. The zero-order chi connectivity index (χ0) is 16.9. The van der Waals surface area contributed by atoms with Crippen molar-refractivity contribution in [2.24, 2.45) is 5.92 Å². The van der Waals surface area contributed by atoms with Gasteiger partial charge < -0.3 is 19.5 Å². The Morgan fingerprint density at radius 3 is 2.96 bits per heavy atom. The molecule has 4 heteroatoms. The average molecular weight is 333 g/mol. The van der Waals surface area contributed by atoms with Crippen LogP contribution in [0.3, 0.4) is 0 Å². The molecule has 1 N–H and O–H groups in total. The molecule has 0 aromatic heterocycles. The van der Waals surface area contributed by atoms with Gasteiger partial charge in [0, 0.05) is 26.2 Å². The predicted molar refractivity (Wildman–Crippen MR) is 95.6 cm³/mol. The lowest BCUT2D eigenvalue weighted by atomic mass is 9.88. The van der Waals surface area contributed by atoms with E-state index in [1.165, 1.54) is 18.4 Å². The van der Waals surface area contributed by atoms with E-state index in [1.807, 2.05) is 18.2 Å². The second kappa shape index (κ2) is 8.32. The van der Waals surface area contributed by atoms with Crippen LogP contribution in [0, 0.1) is 5.92 Å². The number of rotatable bonds is 6. The largest absolute Gasteiger partial charge is 0.491 e. The minimum atomic E-state index is -0.453. The topological polar surface area (TPSA) is 41.9 Å². The van der Waals surface area contributed by atoms with Gasteiger partial charge in [0.15, 0.2) is 0 Å². The third kappa shape index (κ3) is 4.50. The first kappa shape index (κ1) is 17.7. The predicted octanol–water partition coefficient (Wildman–Crippen LogP) is 3.05. The number of aliphatic hydroxyl groups is 1. The molecule has 2 fully saturated rings. The summed E-state index contributed by atoms with van der Waals surface area (Å²) in [6.07, 6.45) is 3.52. The van der Waals surface area contributed by atoms with Gasteiger partial charge in [-0.3, -0.25) is 0 Å². The average Bonchev–Trinajstić information content (AvgIpc) is 2.60. The van der Waals surface area contributed by atoms with Gasteiger partial charge in [0.1, 0.15) is 18.5 Å². The van der Waals surface area contributed by atoms with Crippen molar-refractivity contribution in [3.8, 4) is 5.75 Å². The lowest BCUT2D eigenvalue weighted by Gasteiger charge is -2.41. The zero-order valence-corrected chi connectivity index (χ0v) is 15.0. The van der Waals surface area contributed by atoms with Crippen molar-refractivity contribution in [3.05, 3.63) is 29.8 Å². The highest BCUT2D eigenvalue weighted by molar-refractivity contribution is 5.35. The third-order valence-electron chi connectivity index (χ3n) is 5.24. The molecule has 1 aromatic carbocycles. The Kier molecular flexibility index (Phi) is 6.14. The van der Waals surface area contributed by atoms with Crippen LogP contribution in [0.15, 0.2) is 24.3 Å². The number of piperidine rings is 1. The first-order valence-electron chi connectivity index (χ1n) is 9.37. The van der Waals surface area contributed by atoms with Crippen LogP contribution in [0.2, 0.25) is 0 Å². The fraction of sp³-hybridized carbons (Fsp3) is 0.700. The number of hydrogen-bond donors (Lipinski definition) is 1. The smallest absolute Gasteiger partial charge is 0.122 e. The molecule has 3 unspecified atom stereocenters. The first-order chi connectivity index (χ1) is 11.6. The number of para-hydroxylation sites is 1. The minimum absolute atomic E-state index is 0.352. The summed E-state index contributed by atoms with van der Waals surface area (Å²) in [6, 6.07) is 8.11. The van der Waals surface area contributed by atoms with Crippen LogP contribution in [-0.2, 0) is 4.74 Å². The van der Waals surface area contributed by atoms with Gasteiger partial charge >= 0.3 is 0 Å². The maximum atomic E-state index is 10.4. The maximum Gasteiger partial charge on any atom is 0.122 e. The van der Waals surface area contributed by atoms with E-state index in [1.54, 1.807) is 0 Å². The van der Waals surface area contributed by atoms with Crippen molar-refractivity contribution in [2.45, 2.75) is 51.2 Å². The summed E-state index contributed by atoms with van der Waals surface area (Å²) >= 11 is 0. The van der Waals surface area contributed by atoms with Crippen LogP contribution < -0.4 is 4.74 Å². The molecule has 0 aliphatic carbocycles. The van der Waals surface area contributed by atoms with E-state index >= 15 is 0 Å². The van der Waals surface area contributed by atoms with Crippen molar-refractivity contribution in [1.82, 2.24) is 4.90 Å². The van der Waals surface area contributed by atoms with Crippen LogP contribution in [-0.4, -0.2) is 55.1 Å². The lowest BCUT2D eigenvalue weighted by molar-refractivity contribution is -0.0728. The fourth-order valence-electron chi connectivity index (χ4n) is 3.95. The summed E-state index contributed by atoms with van der Waals surface area (Å²) in [6.45, 7) is 8.35. The Hall–Kier alpha value is -1.10. The van der Waals surface area contributed by atoms with Crippen LogP contribution >= 0.6 is 0 Å². The third-order valence-corrected chi connectivity index (χ3v) is 5.24. The van der Waals surface area contributed by atoms with Gasteiger partial charge in [-0.2, -0.15) is 0 Å². The SMILES string of the molecule is CC(C)c1ccccc1OCC(O)CN1CCC2OCCCC2C1. The van der Waals surface area contributed by atoms with Crippen molar-refractivity contribution < 1.29 is 14.6 Å². The van der Waals surface area contributed by atoms with Gasteiger partial charge in [0.2, 0.25) is 0 Å². The summed E-state index contributed by atoms with van der Waals surface area (Å²) in [4.78, 5) is 2.37. The minimum Gasteiger partial charge on any atom is -0.491 e. The Bertz CT molecular complexity index is 519. The second-order valence-electron chi connectivity index (χ2n) is 7.52. The quantitative estimate of drug-likeness (QED) is 0.869. The summed E-state index contributed by atoms with van der Waals surface area (Å²) < 4.78 is 11.8. The first-order valence-corrected chi connectivity index (χ1v) is 9.37. The number of benzene rings is 1. The number of ether oxygens (including phenoxy) is 2. The Balaban J connectivity index is 1.47. The van der Waals surface area contributed by atoms with Crippen LogP contribution in [0.1, 0.15) is 44.6 Å². The van der Waals surface area contributed by atoms with Crippen LogP contribution in [0.5, 0.6) is 5.75 Å². The normalized spacial score (nSPS) is 26.2. The molecular weight excluding hydrogens is 302 g/mol.